The number of ether oxygens (including phenoxy) is 1. The zero-order valence-electron chi connectivity index (χ0n) is 10.6. The van der Waals surface area contributed by atoms with Gasteiger partial charge in [-0.1, -0.05) is 18.2 Å². The first-order valence-electron chi connectivity index (χ1n) is 5.88. The highest BCUT2D eigenvalue weighted by Gasteiger charge is 2.24. The Balaban J connectivity index is 2.16. The molecule has 18 heavy (non-hydrogen) atoms. The molecule has 1 aromatic heterocycles. The average molecular weight is 243 g/mol. The molecule has 94 valence electrons. The minimum Gasteiger partial charge on any atom is -0.497 e. The Bertz CT molecular complexity index is 492. The summed E-state index contributed by atoms with van der Waals surface area (Å²) in [4.78, 5) is 4.21. The summed E-state index contributed by atoms with van der Waals surface area (Å²) in [5.74, 6) is 0.816. The second kappa shape index (κ2) is 5.19. The molecule has 0 saturated carbocycles. The van der Waals surface area contributed by atoms with Gasteiger partial charge in [-0.2, -0.15) is 0 Å². The van der Waals surface area contributed by atoms with Gasteiger partial charge in [-0.25, -0.2) is 0 Å². The van der Waals surface area contributed by atoms with Crippen molar-refractivity contribution in [2.24, 2.45) is 0 Å². The van der Waals surface area contributed by atoms with E-state index in [4.69, 9.17) is 4.74 Å². The lowest BCUT2D eigenvalue weighted by Gasteiger charge is -2.22. The molecule has 0 amide bonds. The summed E-state index contributed by atoms with van der Waals surface area (Å²) in [5.41, 5.74) is 0.767. The molecule has 1 atom stereocenters. The van der Waals surface area contributed by atoms with E-state index in [0.29, 0.717) is 12.1 Å². The van der Waals surface area contributed by atoms with E-state index in [0.717, 1.165) is 11.3 Å². The predicted octanol–water partition coefficient (Wildman–Crippen LogP) is 2.54. The fourth-order valence-electron chi connectivity index (χ4n) is 1.91. The van der Waals surface area contributed by atoms with Crippen LogP contribution in [0.4, 0.5) is 0 Å². The molecule has 2 rings (SSSR count). The van der Waals surface area contributed by atoms with Gasteiger partial charge in [0, 0.05) is 12.6 Å². The zero-order chi connectivity index (χ0) is 13.0. The van der Waals surface area contributed by atoms with Crippen LogP contribution in [0.1, 0.15) is 18.2 Å². The van der Waals surface area contributed by atoms with Crippen LogP contribution in [0, 0.1) is 0 Å². The maximum atomic E-state index is 10.5. The van der Waals surface area contributed by atoms with Gasteiger partial charge in [-0.3, -0.25) is 4.98 Å². The maximum Gasteiger partial charge on any atom is 0.118 e. The highest BCUT2D eigenvalue weighted by Crippen LogP contribution is 2.24. The molecule has 1 heterocycles. The van der Waals surface area contributed by atoms with Crippen molar-refractivity contribution < 1.29 is 9.84 Å². The molecule has 0 aliphatic carbocycles. The van der Waals surface area contributed by atoms with E-state index in [1.54, 1.807) is 20.2 Å². The smallest absolute Gasteiger partial charge is 0.118 e. The van der Waals surface area contributed by atoms with Gasteiger partial charge in [0.1, 0.15) is 11.4 Å². The molecule has 3 nitrogen and oxygen atoms in total. The average Bonchev–Trinajstić information content (AvgIpc) is 2.40. The Labute approximate surface area is 107 Å². The lowest BCUT2D eigenvalue weighted by atomic mass is 9.93. The molecule has 0 unspecified atom stereocenters. The summed E-state index contributed by atoms with van der Waals surface area (Å²) < 4.78 is 5.11. The number of aliphatic hydroxyl groups is 1. The van der Waals surface area contributed by atoms with Crippen molar-refractivity contribution in [3.05, 3.63) is 59.9 Å². The van der Waals surface area contributed by atoms with Gasteiger partial charge in [-0.15, -0.1) is 0 Å². The van der Waals surface area contributed by atoms with Crippen LogP contribution in [-0.4, -0.2) is 17.2 Å². The van der Waals surface area contributed by atoms with Gasteiger partial charge in [0.05, 0.1) is 12.8 Å². The molecule has 0 aliphatic rings. The summed E-state index contributed by atoms with van der Waals surface area (Å²) >= 11 is 0. The van der Waals surface area contributed by atoms with Crippen molar-refractivity contribution in [2.45, 2.75) is 18.9 Å². The van der Waals surface area contributed by atoms with Gasteiger partial charge >= 0.3 is 0 Å². The van der Waals surface area contributed by atoms with Crippen molar-refractivity contribution in [3.8, 4) is 5.75 Å². The quantitative estimate of drug-likeness (QED) is 0.897. The van der Waals surface area contributed by atoms with Crippen LogP contribution in [-0.2, 0) is 12.0 Å². The van der Waals surface area contributed by atoms with Crippen LogP contribution in [0.5, 0.6) is 5.75 Å². The molecule has 1 N–H and O–H groups in total. The maximum absolute atomic E-state index is 10.5. The van der Waals surface area contributed by atoms with Crippen molar-refractivity contribution in [2.75, 3.05) is 7.11 Å². The molecule has 0 radical (unpaired) electrons. The molecule has 3 heteroatoms. The number of nitrogens with zero attached hydrogens (tertiary/aromatic N) is 1. The van der Waals surface area contributed by atoms with Crippen molar-refractivity contribution in [1.29, 1.82) is 0 Å². The Morgan fingerprint density at radius 2 is 1.89 bits per heavy atom. The minimum absolute atomic E-state index is 0.522. The van der Waals surface area contributed by atoms with Crippen LogP contribution >= 0.6 is 0 Å². The summed E-state index contributed by atoms with van der Waals surface area (Å²) in [6.45, 7) is 1.78. The van der Waals surface area contributed by atoms with Crippen LogP contribution in [0.2, 0.25) is 0 Å². The molecule has 1 aromatic carbocycles. The SMILES string of the molecule is COc1ccc(C[C@@](C)(O)c2ccccn2)cc1. The normalized spacial score (nSPS) is 13.9. The number of aromatic nitrogens is 1. The summed E-state index contributed by atoms with van der Waals surface area (Å²) in [5, 5.41) is 10.5. The molecular weight excluding hydrogens is 226 g/mol. The Kier molecular flexibility index (Phi) is 3.63. The molecular formula is C15H17NO2. The van der Waals surface area contributed by atoms with Gasteiger partial charge in [0.2, 0.25) is 0 Å². The number of methoxy groups -OCH3 is 1. The summed E-state index contributed by atoms with van der Waals surface area (Å²) in [6.07, 6.45) is 2.21. The minimum atomic E-state index is -0.962. The first-order valence-corrected chi connectivity index (χ1v) is 5.88. The lowest BCUT2D eigenvalue weighted by molar-refractivity contribution is 0.0530. The summed E-state index contributed by atoms with van der Waals surface area (Å²) in [7, 11) is 1.64. The Morgan fingerprint density at radius 1 is 1.17 bits per heavy atom. The van der Waals surface area contributed by atoms with E-state index >= 15 is 0 Å². The summed E-state index contributed by atoms with van der Waals surface area (Å²) in [6, 6.07) is 13.3. The van der Waals surface area contributed by atoms with Crippen LogP contribution in [0.25, 0.3) is 0 Å². The molecule has 0 spiro atoms. The molecule has 0 bridgehead atoms. The standard InChI is InChI=1S/C15H17NO2/c1-15(17,14-5-3-4-10-16-14)11-12-6-8-13(18-2)9-7-12/h3-10,17H,11H2,1-2H3/t15-/m1/s1. The van der Waals surface area contributed by atoms with E-state index in [2.05, 4.69) is 4.98 Å². The number of rotatable bonds is 4. The number of benzene rings is 1. The largest absolute Gasteiger partial charge is 0.497 e. The monoisotopic (exact) mass is 243 g/mol. The Morgan fingerprint density at radius 3 is 2.44 bits per heavy atom. The zero-order valence-corrected chi connectivity index (χ0v) is 10.6. The van der Waals surface area contributed by atoms with E-state index in [9.17, 15) is 5.11 Å². The van der Waals surface area contributed by atoms with Crippen LogP contribution < -0.4 is 4.74 Å². The van der Waals surface area contributed by atoms with Crippen molar-refractivity contribution in [1.82, 2.24) is 4.98 Å². The van der Waals surface area contributed by atoms with Gasteiger partial charge in [-0.05, 0) is 36.8 Å². The Hall–Kier alpha value is -1.87. The highest BCUT2D eigenvalue weighted by atomic mass is 16.5. The van der Waals surface area contributed by atoms with Gasteiger partial charge < -0.3 is 9.84 Å². The third kappa shape index (κ3) is 2.87. The van der Waals surface area contributed by atoms with Gasteiger partial charge in [0.25, 0.3) is 0 Å². The lowest BCUT2D eigenvalue weighted by Crippen LogP contribution is -2.25. The van der Waals surface area contributed by atoms with Gasteiger partial charge in [0.15, 0.2) is 0 Å². The van der Waals surface area contributed by atoms with Crippen molar-refractivity contribution in [3.63, 3.8) is 0 Å². The van der Waals surface area contributed by atoms with E-state index in [1.807, 2.05) is 42.5 Å². The molecule has 0 aliphatic heterocycles. The fourth-order valence-corrected chi connectivity index (χ4v) is 1.91. The van der Waals surface area contributed by atoms with E-state index in [1.165, 1.54) is 0 Å². The topological polar surface area (TPSA) is 42.4 Å². The number of hydrogen-bond donors (Lipinski definition) is 1. The number of pyridine rings is 1. The second-order valence-corrected chi connectivity index (χ2v) is 4.51. The molecule has 0 fully saturated rings. The van der Waals surface area contributed by atoms with E-state index < -0.39 is 5.60 Å². The third-order valence-electron chi connectivity index (χ3n) is 2.92. The number of hydrogen-bond acceptors (Lipinski definition) is 3. The fraction of sp³-hybridized carbons (Fsp3) is 0.267. The second-order valence-electron chi connectivity index (χ2n) is 4.51. The van der Waals surface area contributed by atoms with Crippen LogP contribution in [0.3, 0.4) is 0 Å². The van der Waals surface area contributed by atoms with E-state index in [-0.39, 0.29) is 0 Å². The van der Waals surface area contributed by atoms with Crippen LogP contribution in [0.15, 0.2) is 48.7 Å². The first-order chi connectivity index (χ1) is 8.62. The van der Waals surface area contributed by atoms with Crippen molar-refractivity contribution >= 4 is 0 Å². The molecule has 2 aromatic rings. The molecule has 0 saturated heterocycles. The predicted molar refractivity (Wildman–Crippen MR) is 70.5 cm³/mol. The third-order valence-corrected chi connectivity index (χ3v) is 2.92. The first kappa shape index (κ1) is 12.6. The highest BCUT2D eigenvalue weighted by molar-refractivity contribution is 5.29.